The Morgan fingerprint density at radius 2 is 1.96 bits per heavy atom. The number of ether oxygens (including phenoxy) is 2. The van der Waals surface area contributed by atoms with Crippen LogP contribution in [-0.4, -0.2) is 86.6 Å². The van der Waals surface area contributed by atoms with Gasteiger partial charge in [0.1, 0.15) is 18.0 Å². The number of sulfonamides is 1. The molecule has 10 heteroatoms. The van der Waals surface area contributed by atoms with Crippen molar-refractivity contribution in [2.24, 2.45) is 0 Å². The molecule has 0 aliphatic carbocycles. The van der Waals surface area contributed by atoms with Crippen LogP contribution in [-0.2, 0) is 14.8 Å². The molecule has 1 aromatic carbocycles. The summed E-state index contributed by atoms with van der Waals surface area (Å²) in [4.78, 5) is 2.10. The lowest BCUT2D eigenvalue weighted by Gasteiger charge is -2.39. The smallest absolute Gasteiger partial charge is 0.211 e. The minimum atomic E-state index is -3.19. The number of piperidine rings is 1. The molecule has 2 heterocycles. The van der Waals surface area contributed by atoms with E-state index in [2.05, 4.69) is 4.90 Å². The molecule has 0 bridgehead atoms. The molecule has 2 aliphatic heterocycles. The molecule has 1 N–H and O–H groups in total. The Morgan fingerprint density at radius 3 is 2.61 bits per heavy atom. The Kier molecular flexibility index (Phi) is 6.55. The predicted molar refractivity (Wildman–Crippen MR) is 98.6 cm³/mol. The highest BCUT2D eigenvalue weighted by Gasteiger charge is 2.37. The fourth-order valence-electron chi connectivity index (χ4n) is 3.67. The molecule has 1 aromatic rings. The third-order valence-corrected chi connectivity index (χ3v) is 6.50. The highest BCUT2D eigenvalue weighted by Crippen LogP contribution is 2.24. The maximum Gasteiger partial charge on any atom is 0.211 e. The molecule has 0 aromatic heterocycles. The van der Waals surface area contributed by atoms with Crippen LogP contribution in [0, 0.1) is 11.6 Å². The Hall–Kier alpha value is -1.33. The molecule has 0 unspecified atom stereocenters. The van der Waals surface area contributed by atoms with Crippen LogP contribution in [0.4, 0.5) is 8.78 Å². The van der Waals surface area contributed by atoms with Gasteiger partial charge in [0.25, 0.3) is 0 Å². The Balaban J connectivity index is 1.60. The van der Waals surface area contributed by atoms with Crippen LogP contribution in [0.3, 0.4) is 0 Å². The van der Waals surface area contributed by atoms with Crippen LogP contribution in [0.1, 0.15) is 12.8 Å². The first-order valence-electron chi connectivity index (χ1n) is 9.23. The molecule has 2 fully saturated rings. The van der Waals surface area contributed by atoms with E-state index >= 15 is 0 Å². The van der Waals surface area contributed by atoms with Gasteiger partial charge in [-0.15, -0.1) is 0 Å². The molecule has 0 saturated carbocycles. The van der Waals surface area contributed by atoms with Crippen molar-refractivity contribution in [1.82, 2.24) is 9.21 Å². The lowest BCUT2D eigenvalue weighted by Crippen LogP contribution is -2.54. The summed E-state index contributed by atoms with van der Waals surface area (Å²) in [6, 6.07) is 3.35. The number of hydrogen-bond donors (Lipinski definition) is 1. The van der Waals surface area contributed by atoms with Gasteiger partial charge < -0.3 is 14.6 Å². The Morgan fingerprint density at radius 1 is 1.25 bits per heavy atom. The lowest BCUT2D eigenvalue weighted by molar-refractivity contribution is -0.0684. The van der Waals surface area contributed by atoms with Gasteiger partial charge in [-0.3, -0.25) is 4.90 Å². The van der Waals surface area contributed by atoms with Crippen LogP contribution in [0.5, 0.6) is 5.75 Å². The standard InChI is InChI=1S/C18H26F2N2O5S/c1-28(24,25)22-6-4-14(5-7-22)21-8-9-26-12-18(23,11-21)13-27-15-2-3-16(19)17(20)10-15/h2-3,10,14,23H,4-9,11-13H2,1H3/t18-/m0/s1. The van der Waals surface area contributed by atoms with Gasteiger partial charge >= 0.3 is 0 Å². The van der Waals surface area contributed by atoms with E-state index in [0.717, 1.165) is 12.1 Å². The van der Waals surface area contributed by atoms with Crippen LogP contribution >= 0.6 is 0 Å². The molecule has 0 radical (unpaired) electrons. The average Bonchev–Trinajstić information content (AvgIpc) is 2.84. The second-order valence-corrected chi connectivity index (χ2v) is 9.49. The van der Waals surface area contributed by atoms with E-state index in [-0.39, 0.29) is 25.0 Å². The van der Waals surface area contributed by atoms with E-state index in [9.17, 15) is 22.3 Å². The number of rotatable bonds is 5. The van der Waals surface area contributed by atoms with E-state index in [1.165, 1.54) is 16.6 Å². The minimum absolute atomic E-state index is 0.0648. The molecule has 7 nitrogen and oxygen atoms in total. The monoisotopic (exact) mass is 420 g/mol. The van der Waals surface area contributed by atoms with Crippen molar-refractivity contribution < 1.29 is 31.8 Å². The molecule has 1 atom stereocenters. The van der Waals surface area contributed by atoms with Gasteiger partial charge in [-0.2, -0.15) is 0 Å². The third kappa shape index (κ3) is 5.38. The minimum Gasteiger partial charge on any atom is -0.490 e. The highest BCUT2D eigenvalue weighted by molar-refractivity contribution is 7.88. The van der Waals surface area contributed by atoms with Crippen molar-refractivity contribution in [3.8, 4) is 5.75 Å². The SMILES string of the molecule is CS(=O)(=O)N1CCC(N2CCOC[C@](O)(COc3ccc(F)c(F)c3)C2)CC1. The molecular weight excluding hydrogens is 394 g/mol. The van der Waals surface area contributed by atoms with Gasteiger partial charge in [-0.1, -0.05) is 0 Å². The summed E-state index contributed by atoms with van der Waals surface area (Å²) >= 11 is 0. The molecular formula is C18H26F2N2O5S. The number of benzene rings is 1. The Labute approximate surface area is 163 Å². The summed E-state index contributed by atoms with van der Waals surface area (Å²) in [6.07, 6.45) is 2.56. The normalized spacial score (nSPS) is 26.1. The summed E-state index contributed by atoms with van der Waals surface area (Å²) in [5, 5.41) is 11.0. The van der Waals surface area contributed by atoms with Gasteiger partial charge in [0.05, 0.1) is 19.5 Å². The fourth-order valence-corrected chi connectivity index (χ4v) is 4.54. The molecule has 3 rings (SSSR count). The predicted octanol–water partition coefficient (Wildman–Crippen LogP) is 0.831. The van der Waals surface area contributed by atoms with Gasteiger partial charge in [-0.05, 0) is 25.0 Å². The van der Waals surface area contributed by atoms with Gasteiger partial charge in [0.2, 0.25) is 10.0 Å². The average molecular weight is 420 g/mol. The van der Waals surface area contributed by atoms with Crippen LogP contribution < -0.4 is 4.74 Å². The quantitative estimate of drug-likeness (QED) is 0.760. The van der Waals surface area contributed by atoms with Crippen molar-refractivity contribution >= 4 is 10.0 Å². The van der Waals surface area contributed by atoms with Crippen LogP contribution in [0.2, 0.25) is 0 Å². The second kappa shape index (κ2) is 8.58. The summed E-state index contributed by atoms with van der Waals surface area (Å²) in [5.41, 5.74) is -1.31. The molecule has 158 valence electrons. The molecule has 0 amide bonds. The zero-order valence-electron chi connectivity index (χ0n) is 15.8. The largest absolute Gasteiger partial charge is 0.490 e. The van der Waals surface area contributed by atoms with Crippen molar-refractivity contribution in [3.63, 3.8) is 0 Å². The first-order valence-corrected chi connectivity index (χ1v) is 11.1. The molecule has 2 aliphatic rings. The van der Waals surface area contributed by atoms with Gasteiger partial charge in [0.15, 0.2) is 11.6 Å². The van der Waals surface area contributed by atoms with Crippen molar-refractivity contribution in [2.45, 2.75) is 24.5 Å². The molecule has 2 saturated heterocycles. The van der Waals surface area contributed by atoms with Crippen molar-refractivity contribution in [3.05, 3.63) is 29.8 Å². The third-order valence-electron chi connectivity index (χ3n) is 5.20. The van der Waals surface area contributed by atoms with E-state index in [1.54, 1.807) is 0 Å². The summed E-state index contributed by atoms with van der Waals surface area (Å²) < 4.78 is 62.2. The van der Waals surface area contributed by atoms with E-state index < -0.39 is 27.3 Å². The topological polar surface area (TPSA) is 79.3 Å². The zero-order valence-corrected chi connectivity index (χ0v) is 16.6. The number of β-amino-alcohol motifs (C(OH)–C–C–N with tert-alkyl or cyclic N) is 1. The van der Waals surface area contributed by atoms with Crippen molar-refractivity contribution in [1.29, 1.82) is 0 Å². The zero-order chi connectivity index (χ0) is 20.4. The molecule has 28 heavy (non-hydrogen) atoms. The maximum atomic E-state index is 13.3. The number of nitrogens with zero attached hydrogens (tertiary/aromatic N) is 2. The van der Waals surface area contributed by atoms with E-state index in [4.69, 9.17) is 9.47 Å². The van der Waals surface area contributed by atoms with E-state index in [0.29, 0.717) is 45.6 Å². The van der Waals surface area contributed by atoms with E-state index in [1.807, 2.05) is 0 Å². The summed E-state index contributed by atoms with van der Waals surface area (Å²) in [7, 11) is -3.19. The number of halogens is 2. The fraction of sp³-hybridized carbons (Fsp3) is 0.667. The molecule has 0 spiro atoms. The summed E-state index contributed by atoms with van der Waals surface area (Å²) in [6.45, 7) is 2.19. The van der Waals surface area contributed by atoms with Gasteiger partial charge in [-0.25, -0.2) is 21.5 Å². The van der Waals surface area contributed by atoms with Crippen LogP contribution in [0.15, 0.2) is 18.2 Å². The summed E-state index contributed by atoms with van der Waals surface area (Å²) in [5.74, 6) is -1.85. The van der Waals surface area contributed by atoms with Crippen molar-refractivity contribution in [2.75, 3.05) is 52.3 Å². The maximum absolute atomic E-state index is 13.3. The Bertz CT molecular complexity index is 786. The second-order valence-electron chi connectivity index (χ2n) is 7.51. The number of hydrogen-bond acceptors (Lipinski definition) is 6. The first-order chi connectivity index (χ1) is 13.2. The lowest BCUT2D eigenvalue weighted by atomic mass is 10.0. The highest BCUT2D eigenvalue weighted by atomic mass is 32.2. The first kappa shape index (κ1) is 21.4. The van der Waals surface area contributed by atoms with Crippen LogP contribution in [0.25, 0.3) is 0 Å². The number of aliphatic hydroxyl groups is 1. The van der Waals surface area contributed by atoms with Gasteiger partial charge in [0, 0.05) is 38.3 Å².